The SMILES string of the molecule is Bc1cc(C(=O)NCC(=O)N2CCC(N3CCc4cc(OC)ccc4NC3=O)CC2)cc(CN(C)CCC)c1N. The summed E-state index contributed by atoms with van der Waals surface area (Å²) < 4.78 is 5.33. The summed E-state index contributed by atoms with van der Waals surface area (Å²) in [4.78, 5) is 44.6. The third-order valence-electron chi connectivity index (χ3n) is 7.88. The quantitative estimate of drug-likeness (QED) is 0.320. The molecule has 4 rings (SSSR count). The standard InChI is InChI=1S/C29H41BN6O4/c1-4-10-34(2)18-21-14-20(16-24(30)27(21)31)28(38)32-17-26(37)35-11-8-22(9-12-35)36-13-7-19-15-23(40-3)5-6-25(19)33-29(36)39/h5-6,14-16,22H,4,7-13,17-18,30-31H2,1-3H3,(H,32,38)(H,33,39). The van der Waals surface area contributed by atoms with Gasteiger partial charge in [-0.3, -0.25) is 9.59 Å². The van der Waals surface area contributed by atoms with Crippen molar-refractivity contribution in [2.75, 3.05) is 57.9 Å². The largest absolute Gasteiger partial charge is 0.497 e. The molecule has 0 aliphatic carbocycles. The normalized spacial score (nSPS) is 15.8. The van der Waals surface area contributed by atoms with Gasteiger partial charge < -0.3 is 35.8 Å². The minimum atomic E-state index is -0.289. The molecule has 2 aliphatic rings. The number of ether oxygens (including phenoxy) is 1. The monoisotopic (exact) mass is 548 g/mol. The van der Waals surface area contributed by atoms with Gasteiger partial charge in [-0.15, -0.1) is 0 Å². The number of benzene rings is 2. The van der Waals surface area contributed by atoms with Crippen LogP contribution >= 0.6 is 0 Å². The molecular formula is C29H41BN6O4. The first-order valence-electron chi connectivity index (χ1n) is 14.1. The van der Waals surface area contributed by atoms with Crippen molar-refractivity contribution < 1.29 is 19.1 Å². The maximum Gasteiger partial charge on any atom is 0.322 e. The maximum absolute atomic E-state index is 13.0. The lowest BCUT2D eigenvalue weighted by atomic mass is 9.89. The van der Waals surface area contributed by atoms with Crippen LogP contribution in [0.25, 0.3) is 0 Å². The topological polar surface area (TPSA) is 120 Å². The first kappa shape index (κ1) is 29.3. The molecule has 0 spiro atoms. The van der Waals surface area contributed by atoms with E-state index in [4.69, 9.17) is 10.5 Å². The molecule has 214 valence electrons. The Kier molecular flexibility index (Phi) is 9.57. The number of nitrogens with one attached hydrogen (secondary N) is 2. The van der Waals surface area contributed by atoms with Gasteiger partial charge in [0.05, 0.1) is 13.7 Å². The molecular weight excluding hydrogens is 507 g/mol. The molecule has 4 amide bonds. The van der Waals surface area contributed by atoms with Gasteiger partial charge in [0, 0.05) is 49.2 Å². The summed E-state index contributed by atoms with van der Waals surface area (Å²) >= 11 is 0. The second-order valence-corrected chi connectivity index (χ2v) is 10.8. The second kappa shape index (κ2) is 13.1. The Labute approximate surface area is 237 Å². The Morgan fingerprint density at radius 2 is 1.95 bits per heavy atom. The Morgan fingerprint density at radius 3 is 2.65 bits per heavy atom. The van der Waals surface area contributed by atoms with Gasteiger partial charge in [-0.1, -0.05) is 18.5 Å². The highest BCUT2D eigenvalue weighted by Gasteiger charge is 2.31. The zero-order valence-electron chi connectivity index (χ0n) is 24.1. The zero-order valence-corrected chi connectivity index (χ0v) is 24.1. The van der Waals surface area contributed by atoms with Crippen LogP contribution in [0.2, 0.25) is 0 Å². The number of nitrogens with zero attached hydrogens (tertiary/aromatic N) is 3. The molecule has 2 aromatic carbocycles. The van der Waals surface area contributed by atoms with Crippen molar-refractivity contribution >= 4 is 42.5 Å². The maximum atomic E-state index is 13.0. The first-order chi connectivity index (χ1) is 19.2. The number of piperidine rings is 1. The van der Waals surface area contributed by atoms with Crippen LogP contribution in [0, 0.1) is 0 Å². The molecule has 0 radical (unpaired) electrons. The summed E-state index contributed by atoms with van der Waals surface area (Å²) in [7, 11) is 5.56. The van der Waals surface area contributed by atoms with Crippen LogP contribution in [0.3, 0.4) is 0 Å². The first-order valence-corrected chi connectivity index (χ1v) is 14.1. The van der Waals surface area contributed by atoms with E-state index < -0.39 is 0 Å². The number of anilines is 2. The number of hydrogen-bond donors (Lipinski definition) is 3. The summed E-state index contributed by atoms with van der Waals surface area (Å²) in [5, 5.41) is 5.81. The molecule has 0 saturated carbocycles. The Hall–Kier alpha value is -3.73. The summed E-state index contributed by atoms with van der Waals surface area (Å²) in [6.45, 7) is 5.34. The van der Waals surface area contributed by atoms with Crippen molar-refractivity contribution in [3.8, 4) is 5.75 Å². The van der Waals surface area contributed by atoms with Crippen LogP contribution in [0.1, 0.15) is 47.7 Å². The van der Waals surface area contributed by atoms with Gasteiger partial charge in [0.15, 0.2) is 0 Å². The van der Waals surface area contributed by atoms with E-state index in [1.165, 1.54) is 0 Å². The number of rotatable bonds is 9. The highest BCUT2D eigenvalue weighted by Crippen LogP contribution is 2.27. The number of amides is 4. The summed E-state index contributed by atoms with van der Waals surface area (Å²) in [6, 6.07) is 9.22. The van der Waals surface area contributed by atoms with E-state index >= 15 is 0 Å². The molecule has 40 heavy (non-hydrogen) atoms. The van der Waals surface area contributed by atoms with Crippen molar-refractivity contribution in [3.05, 3.63) is 47.0 Å². The number of likely N-dealkylation sites (tertiary alicyclic amines) is 1. The fourth-order valence-corrected chi connectivity index (χ4v) is 5.59. The molecule has 0 atom stereocenters. The third-order valence-corrected chi connectivity index (χ3v) is 7.88. The smallest absolute Gasteiger partial charge is 0.322 e. The highest BCUT2D eigenvalue weighted by atomic mass is 16.5. The van der Waals surface area contributed by atoms with E-state index in [1.54, 1.807) is 18.1 Å². The molecule has 11 heteroatoms. The average molecular weight is 548 g/mol. The molecule has 4 N–H and O–H groups in total. The van der Waals surface area contributed by atoms with E-state index in [9.17, 15) is 14.4 Å². The number of nitrogen functional groups attached to an aromatic ring is 1. The van der Waals surface area contributed by atoms with Crippen LogP contribution in [-0.4, -0.2) is 93.3 Å². The number of fused-ring (bicyclic) bond motifs is 1. The van der Waals surface area contributed by atoms with Crippen molar-refractivity contribution in [2.24, 2.45) is 0 Å². The Bertz CT molecular complexity index is 1250. The molecule has 2 aromatic rings. The molecule has 0 bridgehead atoms. The lowest BCUT2D eigenvalue weighted by molar-refractivity contribution is -0.131. The van der Waals surface area contributed by atoms with Crippen LogP contribution < -0.4 is 26.6 Å². The Morgan fingerprint density at radius 1 is 1.20 bits per heavy atom. The van der Waals surface area contributed by atoms with Crippen molar-refractivity contribution in [3.63, 3.8) is 0 Å². The van der Waals surface area contributed by atoms with E-state index in [2.05, 4.69) is 22.5 Å². The minimum absolute atomic E-state index is 0.0526. The fourth-order valence-electron chi connectivity index (χ4n) is 5.59. The number of carbonyl (C=O) groups is 3. The van der Waals surface area contributed by atoms with E-state index in [0.717, 1.165) is 47.4 Å². The van der Waals surface area contributed by atoms with Gasteiger partial charge in [0.25, 0.3) is 5.91 Å². The van der Waals surface area contributed by atoms with Crippen LogP contribution in [0.15, 0.2) is 30.3 Å². The van der Waals surface area contributed by atoms with Crippen LogP contribution in [-0.2, 0) is 17.8 Å². The highest BCUT2D eigenvalue weighted by molar-refractivity contribution is 6.36. The van der Waals surface area contributed by atoms with Gasteiger partial charge in [-0.25, -0.2) is 4.79 Å². The minimum Gasteiger partial charge on any atom is -0.497 e. The van der Waals surface area contributed by atoms with Gasteiger partial charge in [-0.2, -0.15) is 0 Å². The van der Waals surface area contributed by atoms with Crippen molar-refractivity contribution in [1.29, 1.82) is 0 Å². The molecule has 2 aliphatic heterocycles. The predicted molar refractivity (Wildman–Crippen MR) is 160 cm³/mol. The van der Waals surface area contributed by atoms with Gasteiger partial charge in [-0.05, 0) is 74.7 Å². The molecule has 2 heterocycles. The van der Waals surface area contributed by atoms with Crippen molar-refractivity contribution in [1.82, 2.24) is 20.0 Å². The van der Waals surface area contributed by atoms with Gasteiger partial charge in [0.2, 0.25) is 5.91 Å². The van der Waals surface area contributed by atoms with Crippen LogP contribution in [0.5, 0.6) is 5.75 Å². The lowest BCUT2D eigenvalue weighted by Gasteiger charge is -2.38. The molecule has 1 saturated heterocycles. The molecule has 1 fully saturated rings. The predicted octanol–water partition coefficient (Wildman–Crippen LogP) is 1.19. The lowest BCUT2D eigenvalue weighted by Crippen LogP contribution is -2.51. The van der Waals surface area contributed by atoms with E-state index in [1.807, 2.05) is 44.1 Å². The second-order valence-electron chi connectivity index (χ2n) is 10.8. The molecule has 0 unspecified atom stereocenters. The van der Waals surface area contributed by atoms with E-state index in [-0.39, 0.29) is 30.4 Å². The third kappa shape index (κ3) is 6.88. The van der Waals surface area contributed by atoms with E-state index in [0.29, 0.717) is 50.3 Å². The fraction of sp³-hybridized carbons (Fsp3) is 0.483. The molecule has 0 aromatic heterocycles. The number of nitrogens with two attached hydrogens (primary N) is 1. The summed E-state index contributed by atoms with van der Waals surface area (Å²) in [6.07, 6.45) is 3.15. The number of hydrogen-bond acceptors (Lipinski definition) is 6. The number of urea groups is 1. The van der Waals surface area contributed by atoms with Gasteiger partial charge >= 0.3 is 6.03 Å². The molecule has 10 nitrogen and oxygen atoms in total. The summed E-state index contributed by atoms with van der Waals surface area (Å²) in [5.74, 6) is 0.358. The zero-order chi connectivity index (χ0) is 28.8. The van der Waals surface area contributed by atoms with Crippen LogP contribution in [0.4, 0.5) is 16.2 Å². The number of methoxy groups -OCH3 is 1. The number of carbonyl (C=O) groups excluding carboxylic acids is 3. The average Bonchev–Trinajstić information content (AvgIpc) is 3.11. The van der Waals surface area contributed by atoms with Gasteiger partial charge in [0.1, 0.15) is 13.6 Å². The Balaban J connectivity index is 1.28. The summed E-state index contributed by atoms with van der Waals surface area (Å²) in [5.41, 5.74) is 11.1. The van der Waals surface area contributed by atoms with Crippen molar-refractivity contribution in [2.45, 2.75) is 45.2 Å².